The number of fused-ring (bicyclic) bond motifs is 1. The third-order valence-corrected chi connectivity index (χ3v) is 4.23. The highest BCUT2D eigenvalue weighted by atomic mass is 16.5. The molecule has 0 N–H and O–H groups in total. The Labute approximate surface area is 151 Å². The Hall–Kier alpha value is -3.15. The first-order valence-electron chi connectivity index (χ1n) is 8.25. The Bertz CT molecular complexity index is 839. The molecule has 6 nitrogen and oxygen atoms in total. The molecule has 0 bridgehead atoms. The predicted molar refractivity (Wildman–Crippen MR) is 94.2 cm³/mol. The zero-order chi connectivity index (χ0) is 18.7. The Balaban J connectivity index is 1.56. The van der Waals surface area contributed by atoms with Gasteiger partial charge in [0.2, 0.25) is 0 Å². The van der Waals surface area contributed by atoms with Crippen LogP contribution in [0.5, 0.6) is 5.75 Å². The van der Waals surface area contributed by atoms with Gasteiger partial charge in [-0.15, -0.1) is 0 Å². The van der Waals surface area contributed by atoms with Crippen LogP contribution in [0.25, 0.3) is 0 Å². The fraction of sp³-hybridized carbons (Fsp3) is 0.250. The van der Waals surface area contributed by atoms with Gasteiger partial charge in [-0.1, -0.05) is 29.8 Å². The normalized spacial score (nSPS) is 12.9. The van der Waals surface area contributed by atoms with Gasteiger partial charge in [0.15, 0.2) is 0 Å². The maximum absolute atomic E-state index is 12.2. The van der Waals surface area contributed by atoms with Crippen LogP contribution in [0.3, 0.4) is 0 Å². The van der Waals surface area contributed by atoms with Crippen molar-refractivity contribution in [2.24, 2.45) is 0 Å². The molecule has 0 aromatic heterocycles. The van der Waals surface area contributed by atoms with Crippen molar-refractivity contribution in [1.82, 2.24) is 4.90 Å². The van der Waals surface area contributed by atoms with Crippen LogP contribution in [0, 0.1) is 6.92 Å². The molecule has 134 valence electrons. The molecule has 0 spiro atoms. The fourth-order valence-electron chi connectivity index (χ4n) is 2.95. The van der Waals surface area contributed by atoms with Crippen LogP contribution in [-0.2, 0) is 16.0 Å². The number of methoxy groups -OCH3 is 1. The largest absolute Gasteiger partial charge is 0.496 e. The van der Waals surface area contributed by atoms with E-state index in [1.165, 1.54) is 0 Å². The zero-order valence-electron chi connectivity index (χ0n) is 14.7. The number of nitrogens with zero attached hydrogens (tertiary/aromatic N) is 1. The van der Waals surface area contributed by atoms with Crippen molar-refractivity contribution in [1.29, 1.82) is 0 Å². The maximum atomic E-state index is 12.2. The van der Waals surface area contributed by atoms with Crippen LogP contribution in [0.4, 0.5) is 0 Å². The Morgan fingerprint density at radius 2 is 1.69 bits per heavy atom. The van der Waals surface area contributed by atoms with Crippen molar-refractivity contribution in [3.05, 3.63) is 64.7 Å². The van der Waals surface area contributed by atoms with Gasteiger partial charge >= 0.3 is 5.97 Å². The van der Waals surface area contributed by atoms with Gasteiger partial charge in [-0.2, -0.15) is 0 Å². The molecule has 0 saturated carbocycles. The molecule has 1 aliphatic heterocycles. The quantitative estimate of drug-likeness (QED) is 0.589. The fourth-order valence-corrected chi connectivity index (χ4v) is 2.95. The molecule has 2 aromatic carbocycles. The van der Waals surface area contributed by atoms with E-state index in [0.717, 1.165) is 16.0 Å². The zero-order valence-corrected chi connectivity index (χ0v) is 14.7. The van der Waals surface area contributed by atoms with Crippen molar-refractivity contribution in [2.75, 3.05) is 20.3 Å². The number of amides is 2. The number of benzene rings is 2. The van der Waals surface area contributed by atoms with Crippen molar-refractivity contribution < 1.29 is 23.9 Å². The predicted octanol–water partition coefficient (Wildman–Crippen LogP) is 2.39. The Morgan fingerprint density at radius 3 is 2.31 bits per heavy atom. The van der Waals surface area contributed by atoms with Crippen LogP contribution in [0.15, 0.2) is 42.5 Å². The smallest absolute Gasteiger partial charge is 0.310 e. The highest BCUT2D eigenvalue weighted by Gasteiger charge is 2.34. The second-order valence-corrected chi connectivity index (χ2v) is 6.02. The van der Waals surface area contributed by atoms with Crippen LogP contribution in [-0.4, -0.2) is 42.9 Å². The lowest BCUT2D eigenvalue weighted by molar-refractivity contribution is -0.143. The molecule has 0 saturated heterocycles. The number of carbonyl (C=O) groups excluding carboxylic acids is 3. The lowest BCUT2D eigenvalue weighted by Crippen LogP contribution is -2.33. The van der Waals surface area contributed by atoms with Crippen LogP contribution < -0.4 is 4.74 Å². The minimum atomic E-state index is -0.439. The van der Waals surface area contributed by atoms with Crippen molar-refractivity contribution in [3.8, 4) is 5.75 Å². The summed E-state index contributed by atoms with van der Waals surface area (Å²) in [5.74, 6) is -0.539. The van der Waals surface area contributed by atoms with Crippen molar-refractivity contribution in [2.45, 2.75) is 13.3 Å². The summed E-state index contributed by atoms with van der Waals surface area (Å²) in [6, 6.07) is 12.2. The molecular formula is C20H19NO5. The van der Waals surface area contributed by atoms with E-state index in [1.54, 1.807) is 37.4 Å². The molecule has 0 unspecified atom stereocenters. The minimum absolute atomic E-state index is 0.0308. The lowest BCUT2D eigenvalue weighted by Gasteiger charge is -2.14. The lowest BCUT2D eigenvalue weighted by atomic mass is 10.1. The van der Waals surface area contributed by atoms with E-state index in [2.05, 4.69) is 0 Å². The van der Waals surface area contributed by atoms with E-state index in [0.29, 0.717) is 16.9 Å². The first-order chi connectivity index (χ1) is 12.5. The standard InChI is InChI=1S/C20H19NO5/c1-13-7-8-17(25-2)14(11-13)12-18(22)26-10-9-21-19(23)15-5-3-4-6-16(15)20(21)24/h3-8,11H,9-10,12H2,1-2H3. The summed E-state index contributed by atoms with van der Waals surface area (Å²) in [5.41, 5.74) is 2.51. The second-order valence-electron chi connectivity index (χ2n) is 6.02. The Morgan fingerprint density at radius 1 is 1.04 bits per heavy atom. The van der Waals surface area contributed by atoms with Gasteiger partial charge < -0.3 is 9.47 Å². The van der Waals surface area contributed by atoms with Gasteiger partial charge in [0, 0.05) is 5.56 Å². The van der Waals surface area contributed by atoms with E-state index in [9.17, 15) is 14.4 Å². The van der Waals surface area contributed by atoms with Gasteiger partial charge in [-0.25, -0.2) is 0 Å². The SMILES string of the molecule is COc1ccc(C)cc1CC(=O)OCCN1C(=O)c2ccccc2C1=O. The summed E-state index contributed by atoms with van der Waals surface area (Å²) in [5, 5.41) is 0. The highest BCUT2D eigenvalue weighted by Crippen LogP contribution is 2.22. The molecular weight excluding hydrogens is 334 g/mol. The number of rotatable bonds is 6. The van der Waals surface area contributed by atoms with E-state index in [-0.39, 0.29) is 31.4 Å². The van der Waals surface area contributed by atoms with Crippen LogP contribution in [0.2, 0.25) is 0 Å². The number of carbonyl (C=O) groups is 3. The highest BCUT2D eigenvalue weighted by molar-refractivity contribution is 6.21. The van der Waals surface area contributed by atoms with Gasteiger partial charge in [-0.3, -0.25) is 19.3 Å². The molecule has 0 radical (unpaired) electrons. The van der Waals surface area contributed by atoms with E-state index >= 15 is 0 Å². The summed E-state index contributed by atoms with van der Waals surface area (Å²) in [6.45, 7) is 1.91. The first kappa shape index (κ1) is 17.7. The number of hydrogen-bond donors (Lipinski definition) is 0. The Kier molecular flexibility index (Phi) is 5.02. The number of aryl methyl sites for hydroxylation is 1. The van der Waals surface area contributed by atoms with Crippen LogP contribution >= 0.6 is 0 Å². The van der Waals surface area contributed by atoms with Gasteiger partial charge in [0.1, 0.15) is 12.4 Å². The molecule has 2 aromatic rings. The topological polar surface area (TPSA) is 72.9 Å². The van der Waals surface area contributed by atoms with Crippen molar-refractivity contribution in [3.63, 3.8) is 0 Å². The molecule has 0 fully saturated rings. The first-order valence-corrected chi connectivity index (χ1v) is 8.25. The molecule has 0 atom stereocenters. The monoisotopic (exact) mass is 353 g/mol. The number of hydrogen-bond acceptors (Lipinski definition) is 5. The third-order valence-electron chi connectivity index (χ3n) is 4.23. The van der Waals surface area contributed by atoms with Gasteiger partial charge in [-0.05, 0) is 25.1 Å². The molecule has 1 heterocycles. The molecule has 1 aliphatic rings. The van der Waals surface area contributed by atoms with E-state index < -0.39 is 5.97 Å². The average molecular weight is 353 g/mol. The number of esters is 1. The molecule has 0 aliphatic carbocycles. The van der Waals surface area contributed by atoms with E-state index in [1.807, 2.05) is 19.1 Å². The van der Waals surface area contributed by atoms with E-state index in [4.69, 9.17) is 9.47 Å². The molecule has 2 amide bonds. The van der Waals surface area contributed by atoms with Gasteiger partial charge in [0.25, 0.3) is 11.8 Å². The number of imide groups is 1. The summed E-state index contributed by atoms with van der Waals surface area (Å²) in [4.78, 5) is 37.7. The molecule has 6 heteroatoms. The minimum Gasteiger partial charge on any atom is -0.496 e. The average Bonchev–Trinajstić information content (AvgIpc) is 2.87. The third kappa shape index (κ3) is 3.44. The van der Waals surface area contributed by atoms with Gasteiger partial charge in [0.05, 0.1) is 31.2 Å². The maximum Gasteiger partial charge on any atom is 0.310 e. The van der Waals surface area contributed by atoms with Crippen molar-refractivity contribution >= 4 is 17.8 Å². The van der Waals surface area contributed by atoms with Crippen LogP contribution in [0.1, 0.15) is 31.8 Å². The second kappa shape index (κ2) is 7.39. The molecule has 26 heavy (non-hydrogen) atoms. The summed E-state index contributed by atoms with van der Waals surface area (Å²) in [7, 11) is 1.54. The summed E-state index contributed by atoms with van der Waals surface area (Å²) in [6.07, 6.45) is 0.0625. The summed E-state index contributed by atoms with van der Waals surface area (Å²) >= 11 is 0. The molecule has 3 rings (SSSR count). The summed E-state index contributed by atoms with van der Waals surface area (Å²) < 4.78 is 10.4. The number of ether oxygens (including phenoxy) is 2.